The number of hydrazine groups is 1. The molecule has 0 spiro atoms. The number of hydrogen-bond acceptors (Lipinski definition) is 4. The van der Waals surface area contributed by atoms with Crippen molar-refractivity contribution in [3.63, 3.8) is 0 Å². The average molecular weight is 898 g/mol. The number of nitrogens with one attached hydrogen (secondary N) is 1. The van der Waals surface area contributed by atoms with E-state index in [2.05, 4.69) is 81.6 Å². The van der Waals surface area contributed by atoms with Gasteiger partial charge in [-0.15, -0.1) is 0 Å². The van der Waals surface area contributed by atoms with Crippen molar-refractivity contribution in [2.45, 2.75) is 114 Å². The molecule has 1 atom stereocenters. The summed E-state index contributed by atoms with van der Waals surface area (Å²) in [6, 6.07) is 8.49. The first-order valence-electron chi connectivity index (χ1n) is 14.2. The Bertz CT molecular complexity index is 778. The number of amidine groups is 1. The third-order valence-electron chi connectivity index (χ3n) is 7.58. The molecule has 1 aromatic carbocycles. The number of aryl methyl sites for hydroxylation is 1. The summed E-state index contributed by atoms with van der Waals surface area (Å²) in [5.74, 6) is 13.1. The first-order valence-corrected chi connectivity index (χ1v) is 18.6. The summed E-state index contributed by atoms with van der Waals surface area (Å²) < 4.78 is 0.757. The Morgan fingerprint density at radius 3 is 2.08 bits per heavy atom. The molecular weight excluding hydrogens is 844 g/mol. The van der Waals surface area contributed by atoms with Crippen molar-refractivity contribution >= 4 is 64.1 Å². The van der Waals surface area contributed by atoms with Crippen molar-refractivity contribution in [3.8, 4) is 0 Å². The zero-order chi connectivity index (χ0) is 28.6. The molecule has 1 fully saturated rings. The molecule has 1 aliphatic rings. The summed E-state index contributed by atoms with van der Waals surface area (Å²) in [5, 5.41) is 9.40. The molecule has 1 aromatic rings. The summed E-state index contributed by atoms with van der Waals surface area (Å²) in [6.45, 7) is 21.3. The van der Waals surface area contributed by atoms with Crippen molar-refractivity contribution < 1.29 is 0 Å². The Hall–Kier alpha value is -0.101. The van der Waals surface area contributed by atoms with E-state index in [0.717, 1.165) is 32.0 Å². The van der Waals surface area contributed by atoms with Crippen molar-refractivity contribution in [3.05, 3.63) is 47.7 Å². The van der Waals surface area contributed by atoms with Crippen LogP contribution >= 0.6 is 0 Å². The fourth-order valence-electron chi connectivity index (χ4n) is 4.94. The third-order valence-corrected chi connectivity index (χ3v) is 9.08. The van der Waals surface area contributed by atoms with Crippen LogP contribution in [0.1, 0.15) is 85.8 Å². The quantitative estimate of drug-likeness (QED) is 0.0611. The van der Waals surface area contributed by atoms with E-state index in [-0.39, 0.29) is 6.04 Å². The van der Waals surface area contributed by atoms with Gasteiger partial charge >= 0.3 is 202 Å². The maximum absolute atomic E-state index is 6.47. The normalized spacial score (nSPS) is 17.1. The van der Waals surface area contributed by atoms with Crippen LogP contribution in [0.25, 0.3) is 0 Å². The molecule has 0 bridgehead atoms. The molecule has 6 radical (unpaired) electrons. The van der Waals surface area contributed by atoms with Crippen LogP contribution in [-0.2, 0) is 6.54 Å². The van der Waals surface area contributed by atoms with E-state index < -0.39 is 0 Å². The van der Waals surface area contributed by atoms with Gasteiger partial charge < -0.3 is 0 Å². The number of nitrogens with zero attached hydrogens (tertiary/aromatic N) is 2. The standard InChI is InChI=1S/C25H42BN5.2C2H6.2Pb/c1-7-16-29-22(10-8-9-15-26-18-24(3,4)25(5,6)19-26)23(30-27)31(28)17-21-13-11-20(2)12-14-21;2*1-2;;/h1,7,11-14,16,22,29H,8-10,15,17-19,27-28H2,2-6H3;2*1-2H3;;/b16-7-,30-23-;;;;. The minimum absolute atomic E-state index is 0.0280. The van der Waals surface area contributed by atoms with E-state index in [9.17, 15) is 0 Å². The molecule has 1 aliphatic heterocycles. The molecule has 1 unspecified atom stereocenters. The molecule has 0 aliphatic carbocycles. The van der Waals surface area contributed by atoms with Gasteiger partial charge in [0.15, 0.2) is 0 Å². The van der Waals surface area contributed by atoms with E-state index >= 15 is 0 Å². The van der Waals surface area contributed by atoms with Crippen molar-refractivity contribution in [1.29, 1.82) is 0 Å². The predicted molar refractivity (Wildman–Crippen MR) is 168 cm³/mol. The van der Waals surface area contributed by atoms with Crippen molar-refractivity contribution in [2.75, 3.05) is 0 Å². The van der Waals surface area contributed by atoms with Gasteiger partial charge in [-0.3, -0.25) is 0 Å². The second-order valence-electron chi connectivity index (χ2n) is 11.0. The molecule has 2 rings (SSSR count). The Morgan fingerprint density at radius 2 is 1.59 bits per heavy atom. The summed E-state index contributed by atoms with van der Waals surface area (Å²) >= 11 is 2.40. The second-order valence-corrected chi connectivity index (χ2v) is 24.5. The third kappa shape index (κ3) is 13.2. The minimum atomic E-state index is 0.0280. The van der Waals surface area contributed by atoms with E-state index in [1.54, 1.807) is 5.01 Å². The molecule has 5 nitrogen and oxygen atoms in total. The second kappa shape index (κ2) is 19.1. The van der Waals surface area contributed by atoms with Crippen LogP contribution in [-0.4, -0.2) is 75.1 Å². The van der Waals surface area contributed by atoms with Gasteiger partial charge in [-0.05, 0) is 6.92 Å². The van der Waals surface area contributed by atoms with E-state index in [1.165, 1.54) is 82.5 Å². The van der Waals surface area contributed by atoms with E-state index in [1.807, 2.05) is 27.7 Å². The molecule has 1 saturated heterocycles. The average Bonchev–Trinajstić information content (AvgIpc) is 3.06. The topological polar surface area (TPSA) is 79.7 Å². The van der Waals surface area contributed by atoms with Crippen LogP contribution in [0, 0.1) is 17.8 Å². The number of nitrogens with two attached hydrogens (primary N) is 2. The summed E-state index contributed by atoms with van der Waals surface area (Å²) in [4.78, 5) is 0. The number of hydrogen-bond donors (Lipinski definition) is 3. The first-order chi connectivity index (χ1) is 17.4. The van der Waals surface area contributed by atoms with Crippen molar-refractivity contribution in [1.82, 2.24) is 10.3 Å². The Balaban J connectivity index is 0.00000308. The number of benzene rings is 1. The van der Waals surface area contributed by atoms with Gasteiger partial charge in [0.25, 0.3) is 0 Å². The van der Waals surface area contributed by atoms with E-state index in [0.29, 0.717) is 17.4 Å². The summed E-state index contributed by atoms with van der Waals surface area (Å²) in [7, 11) is 0. The Morgan fingerprint density at radius 1 is 1.05 bits per heavy atom. The molecular formula is C29H54BN5Pb2. The van der Waals surface area contributed by atoms with Crippen LogP contribution in [0.3, 0.4) is 0 Å². The molecule has 206 valence electrons. The van der Waals surface area contributed by atoms with Gasteiger partial charge in [0, 0.05) is 0 Å². The first kappa shape index (κ1) is 36.9. The zero-order valence-electron chi connectivity index (χ0n) is 25.2. The summed E-state index contributed by atoms with van der Waals surface area (Å²) in [5.41, 5.74) is 3.27. The Kier molecular flexibility index (Phi) is 19.0. The van der Waals surface area contributed by atoms with Gasteiger partial charge in [-0.1, -0.05) is 55.4 Å². The van der Waals surface area contributed by atoms with Gasteiger partial charge in [-0.2, -0.15) is 0 Å². The van der Waals surface area contributed by atoms with Crippen LogP contribution < -0.4 is 17.0 Å². The van der Waals surface area contributed by atoms with Crippen molar-refractivity contribution in [2.24, 2.45) is 27.6 Å². The fourth-order valence-corrected chi connectivity index (χ4v) is 5.69. The van der Waals surface area contributed by atoms with Crippen LogP contribution in [0.15, 0.2) is 41.6 Å². The predicted octanol–water partition coefficient (Wildman–Crippen LogP) is 6.28. The van der Waals surface area contributed by atoms with Gasteiger partial charge in [0.05, 0.1) is 0 Å². The zero-order valence-corrected chi connectivity index (χ0v) is 33.0. The molecule has 5 N–H and O–H groups in total. The van der Waals surface area contributed by atoms with E-state index in [4.69, 9.17) is 11.7 Å². The number of rotatable bonds is 11. The monoisotopic (exact) mass is 899 g/mol. The van der Waals surface area contributed by atoms with Crippen LogP contribution in [0.2, 0.25) is 20.0 Å². The molecule has 0 amide bonds. The fraction of sp³-hybridized carbons (Fsp3) is 0.690. The number of hydrazone groups is 1. The SMILES string of the molecule is CC.CC.Cc1ccc(CN(N)/C(=N\N)C(CCCCB2CC(C)(C)C(C)(C)C2)N/C=C\[CH]([Pb])[Pb])cc1. The number of allylic oxidation sites excluding steroid dienone is 1. The van der Waals surface area contributed by atoms with Crippen LogP contribution in [0.4, 0.5) is 0 Å². The molecule has 0 aromatic heterocycles. The maximum atomic E-state index is 6.47. The molecule has 8 heteroatoms. The van der Waals surface area contributed by atoms with Gasteiger partial charge in [0.1, 0.15) is 0 Å². The Labute approximate surface area is 261 Å². The van der Waals surface area contributed by atoms with Gasteiger partial charge in [0.2, 0.25) is 0 Å². The molecule has 0 saturated carbocycles. The van der Waals surface area contributed by atoms with Gasteiger partial charge in [-0.25, -0.2) is 0 Å². The summed E-state index contributed by atoms with van der Waals surface area (Å²) in [6.07, 6.45) is 11.7. The molecule has 37 heavy (non-hydrogen) atoms. The molecule has 1 heterocycles. The number of unbranched alkanes of at least 4 members (excludes halogenated alkanes) is 1. The van der Waals surface area contributed by atoms with Crippen LogP contribution in [0.5, 0.6) is 0 Å².